The molecule has 1 aliphatic carbocycles. The summed E-state index contributed by atoms with van der Waals surface area (Å²) >= 11 is 0. The summed E-state index contributed by atoms with van der Waals surface area (Å²) in [6.45, 7) is 0. The molecule has 0 aliphatic heterocycles. The Labute approximate surface area is 129 Å². The highest BCUT2D eigenvalue weighted by molar-refractivity contribution is 6.06. The number of nitrogens with zero attached hydrogens (tertiary/aromatic N) is 2. The van der Waals surface area contributed by atoms with E-state index in [0.717, 1.165) is 26.4 Å². The van der Waals surface area contributed by atoms with Crippen LogP contribution in [0.4, 0.5) is 5.69 Å². The maximum Gasteiger partial charge on any atom is 0.331 e. The Bertz CT molecular complexity index is 668. The van der Waals surface area contributed by atoms with Gasteiger partial charge in [0.25, 0.3) is 5.69 Å². The van der Waals surface area contributed by atoms with Gasteiger partial charge in [0.15, 0.2) is 0 Å². The lowest BCUT2D eigenvalue weighted by molar-refractivity contribution is -0.501. The van der Waals surface area contributed by atoms with E-state index in [2.05, 4.69) is 9.47 Å². The molecule has 1 aromatic rings. The van der Waals surface area contributed by atoms with Gasteiger partial charge in [0.1, 0.15) is 0 Å². The molecule has 0 heterocycles. The van der Waals surface area contributed by atoms with Gasteiger partial charge in [-0.25, -0.2) is 0 Å². The molecule has 0 aromatic heterocycles. The predicted molar refractivity (Wildman–Crippen MR) is 73.1 cm³/mol. The van der Waals surface area contributed by atoms with Gasteiger partial charge >= 0.3 is 11.9 Å². The second-order valence-corrected chi connectivity index (χ2v) is 4.91. The lowest BCUT2D eigenvalue weighted by atomic mass is 9.99. The molecule has 23 heavy (non-hydrogen) atoms. The number of benzene rings is 1. The molecule has 10 heteroatoms. The number of hydrogen-bond acceptors (Lipinski definition) is 8. The largest absolute Gasteiger partial charge is 0.468 e. The third kappa shape index (κ3) is 2.28. The summed E-state index contributed by atoms with van der Waals surface area (Å²) < 4.78 is 9.08. The first-order valence-corrected chi connectivity index (χ1v) is 6.37. The maximum atomic E-state index is 12.0. The van der Waals surface area contributed by atoms with Gasteiger partial charge in [-0.05, 0) is 5.56 Å². The second-order valence-electron chi connectivity index (χ2n) is 4.91. The van der Waals surface area contributed by atoms with Crippen molar-refractivity contribution in [2.75, 3.05) is 14.2 Å². The minimum absolute atomic E-state index is 0.214. The fourth-order valence-electron chi connectivity index (χ4n) is 2.82. The molecule has 1 saturated carbocycles. The first-order valence-electron chi connectivity index (χ1n) is 6.37. The second kappa shape index (κ2) is 5.63. The van der Waals surface area contributed by atoms with Gasteiger partial charge in [0.2, 0.25) is 11.5 Å². The molecule has 10 nitrogen and oxygen atoms in total. The molecule has 0 saturated heterocycles. The molecule has 1 aromatic carbocycles. The Balaban J connectivity index is 2.50. The van der Waals surface area contributed by atoms with E-state index < -0.39 is 39.2 Å². The molecule has 1 fully saturated rings. The lowest BCUT2D eigenvalue weighted by Gasteiger charge is -2.10. The van der Waals surface area contributed by atoms with E-state index in [4.69, 9.17) is 0 Å². The van der Waals surface area contributed by atoms with Gasteiger partial charge in [-0.3, -0.25) is 29.8 Å². The van der Waals surface area contributed by atoms with Gasteiger partial charge < -0.3 is 9.47 Å². The quantitative estimate of drug-likeness (QED) is 0.333. The number of hydrogen-bond donors (Lipinski definition) is 0. The van der Waals surface area contributed by atoms with Gasteiger partial charge in [0, 0.05) is 17.1 Å². The molecule has 0 spiro atoms. The smallest absolute Gasteiger partial charge is 0.331 e. The fourth-order valence-corrected chi connectivity index (χ4v) is 2.82. The summed E-state index contributed by atoms with van der Waals surface area (Å²) in [6, 6.07) is 3.28. The minimum Gasteiger partial charge on any atom is -0.468 e. The Morgan fingerprint density at radius 3 is 1.87 bits per heavy atom. The van der Waals surface area contributed by atoms with Crippen molar-refractivity contribution in [1.82, 2.24) is 0 Å². The third-order valence-corrected chi connectivity index (χ3v) is 3.90. The van der Waals surface area contributed by atoms with Crippen LogP contribution in [-0.2, 0) is 19.1 Å². The molecule has 0 unspecified atom stereocenters. The van der Waals surface area contributed by atoms with Crippen LogP contribution in [0.3, 0.4) is 0 Å². The molecular formula is C13H12N2O8. The van der Waals surface area contributed by atoms with E-state index >= 15 is 0 Å². The van der Waals surface area contributed by atoms with Crippen LogP contribution in [-0.4, -0.2) is 42.0 Å². The molecule has 0 amide bonds. The number of esters is 2. The summed E-state index contributed by atoms with van der Waals surface area (Å²) in [7, 11) is 2.02. The van der Waals surface area contributed by atoms with Crippen molar-refractivity contribution in [3.8, 4) is 0 Å². The summed E-state index contributed by atoms with van der Waals surface area (Å²) in [4.78, 5) is 44.6. The van der Waals surface area contributed by atoms with Crippen molar-refractivity contribution in [2.24, 2.45) is 5.41 Å². The van der Waals surface area contributed by atoms with Crippen LogP contribution < -0.4 is 0 Å². The lowest BCUT2D eigenvalue weighted by Crippen LogP contribution is -2.34. The SMILES string of the molecule is COC(=O)C1(C(=O)OC)[C@@H](c2ccc([N+](=O)[O-])cc2)[C@H]1[N+](=O)[O-]. The van der Waals surface area contributed by atoms with Crippen molar-refractivity contribution >= 4 is 17.6 Å². The Kier molecular flexibility index (Phi) is 4.00. The highest BCUT2D eigenvalue weighted by Crippen LogP contribution is 2.62. The van der Waals surface area contributed by atoms with Crippen molar-refractivity contribution in [1.29, 1.82) is 0 Å². The van der Waals surface area contributed by atoms with Crippen LogP contribution in [0, 0.1) is 25.6 Å². The number of non-ortho nitro benzene ring substituents is 1. The first-order chi connectivity index (χ1) is 10.8. The van der Waals surface area contributed by atoms with E-state index in [9.17, 15) is 29.8 Å². The van der Waals surface area contributed by atoms with Crippen molar-refractivity contribution in [3.05, 3.63) is 50.1 Å². The van der Waals surface area contributed by atoms with E-state index in [1.54, 1.807) is 0 Å². The highest BCUT2D eigenvalue weighted by atomic mass is 16.6. The highest BCUT2D eigenvalue weighted by Gasteiger charge is 2.85. The molecule has 0 N–H and O–H groups in total. The Hall–Kier alpha value is -3.04. The fraction of sp³-hybridized carbons (Fsp3) is 0.385. The zero-order chi connectivity index (χ0) is 17.4. The van der Waals surface area contributed by atoms with Gasteiger partial charge in [-0.2, -0.15) is 0 Å². The number of methoxy groups -OCH3 is 2. The average Bonchev–Trinajstić information content (AvgIpc) is 3.25. The third-order valence-electron chi connectivity index (χ3n) is 3.90. The topological polar surface area (TPSA) is 139 Å². The molecule has 0 radical (unpaired) electrons. The monoisotopic (exact) mass is 324 g/mol. The molecule has 1 aliphatic rings. The van der Waals surface area contributed by atoms with Crippen molar-refractivity contribution in [2.45, 2.75) is 12.0 Å². The van der Waals surface area contributed by atoms with Crippen molar-refractivity contribution in [3.63, 3.8) is 0 Å². The van der Waals surface area contributed by atoms with E-state index in [1.807, 2.05) is 0 Å². The predicted octanol–water partition coefficient (Wildman–Crippen LogP) is 0.670. The van der Waals surface area contributed by atoms with Crippen molar-refractivity contribution < 1.29 is 28.9 Å². The van der Waals surface area contributed by atoms with Crippen LogP contribution in [0.2, 0.25) is 0 Å². The number of carbonyl (C=O) groups excluding carboxylic acids is 2. The average molecular weight is 324 g/mol. The first kappa shape index (κ1) is 16.3. The van der Waals surface area contributed by atoms with E-state index in [0.29, 0.717) is 0 Å². The van der Waals surface area contributed by atoms with Crippen LogP contribution in [0.15, 0.2) is 24.3 Å². The van der Waals surface area contributed by atoms with Crippen LogP contribution in [0.5, 0.6) is 0 Å². The summed E-state index contributed by atoms with van der Waals surface area (Å²) in [5.41, 5.74) is -2.05. The van der Waals surface area contributed by atoms with E-state index in [-0.39, 0.29) is 11.3 Å². The zero-order valence-electron chi connectivity index (χ0n) is 12.1. The zero-order valence-corrected chi connectivity index (χ0v) is 12.1. The number of nitro benzene ring substituents is 1. The Morgan fingerprint density at radius 1 is 1.04 bits per heavy atom. The number of nitro groups is 2. The normalized spacial score (nSPS) is 21.1. The molecule has 2 rings (SSSR count). The molecule has 0 bridgehead atoms. The molecule has 2 atom stereocenters. The minimum atomic E-state index is -2.08. The van der Waals surface area contributed by atoms with Gasteiger partial charge in [-0.15, -0.1) is 0 Å². The Morgan fingerprint density at radius 2 is 1.52 bits per heavy atom. The summed E-state index contributed by atoms with van der Waals surface area (Å²) in [6.07, 6.45) is 0. The van der Waals surface area contributed by atoms with Gasteiger partial charge in [0.05, 0.1) is 25.1 Å². The van der Waals surface area contributed by atoms with Gasteiger partial charge in [-0.1, -0.05) is 12.1 Å². The van der Waals surface area contributed by atoms with E-state index in [1.165, 1.54) is 12.1 Å². The van der Waals surface area contributed by atoms with Crippen LogP contribution >= 0.6 is 0 Å². The number of carbonyl (C=O) groups is 2. The molecular weight excluding hydrogens is 312 g/mol. The summed E-state index contributed by atoms with van der Waals surface area (Å²) in [5.74, 6) is -3.26. The standard InChI is InChI=1S/C13H12N2O8/c1-22-11(16)13(12(17)23-2)9(10(13)15(20)21)7-3-5-8(6-4-7)14(18)19/h3-6,9-10H,1-2H3/t9-,10+/m0/s1. The van der Waals surface area contributed by atoms with Crippen LogP contribution in [0.1, 0.15) is 11.5 Å². The number of ether oxygens (including phenoxy) is 2. The summed E-state index contributed by atoms with van der Waals surface area (Å²) in [5, 5.41) is 21.9. The number of rotatable bonds is 5. The maximum absolute atomic E-state index is 12.0. The molecule has 122 valence electrons. The van der Waals surface area contributed by atoms with Crippen LogP contribution in [0.25, 0.3) is 0 Å².